The molecular weight excluding hydrogens is 374 g/mol. The van der Waals surface area contributed by atoms with Crippen molar-refractivity contribution < 1.29 is 9.53 Å². The smallest absolute Gasteiger partial charge is 0.261 e. The van der Waals surface area contributed by atoms with Gasteiger partial charge in [0.25, 0.3) is 5.91 Å². The third kappa shape index (κ3) is 4.55. The summed E-state index contributed by atoms with van der Waals surface area (Å²) in [4.78, 5) is 15.8. The molecule has 0 aromatic carbocycles. The number of rotatable bonds is 4. The molecule has 3 atom stereocenters. The highest BCUT2D eigenvalue weighted by Crippen LogP contribution is 2.45. The second-order valence-corrected chi connectivity index (χ2v) is 11.1. The minimum atomic E-state index is 0.130. The number of amides is 1. The monoisotopic (exact) mass is 415 g/mol. The van der Waals surface area contributed by atoms with Crippen molar-refractivity contribution in [3.05, 3.63) is 11.8 Å². The number of fused-ring (bicyclic) bond motifs is 1. The molecule has 3 aliphatic rings. The fourth-order valence-corrected chi connectivity index (χ4v) is 6.15. The van der Waals surface area contributed by atoms with Crippen LogP contribution >= 0.6 is 0 Å². The first-order valence-electron chi connectivity index (χ1n) is 12.3. The highest BCUT2D eigenvalue weighted by Gasteiger charge is 2.42. The summed E-state index contributed by atoms with van der Waals surface area (Å²) in [6.07, 6.45) is 14.2. The standard InChI is InChI=1S/C25H41N3O2/c1-25(2,3)20-12-13-22-19(15-20)11-8-14-28(22)23(29)21-16-26-27(4)24(21)30-17-18-9-6-5-7-10-18/h16,18-20,22H,5-15,17H2,1-4H3/t19-,20-,22+/m1/s1. The van der Waals surface area contributed by atoms with Crippen LogP contribution in [0, 0.1) is 23.2 Å². The van der Waals surface area contributed by atoms with E-state index >= 15 is 0 Å². The number of piperidine rings is 1. The number of nitrogens with zero attached hydrogens (tertiary/aromatic N) is 3. The van der Waals surface area contributed by atoms with Crippen LogP contribution in [-0.2, 0) is 7.05 Å². The Labute approximate surface area is 182 Å². The molecule has 4 rings (SSSR count). The van der Waals surface area contributed by atoms with Crippen molar-refractivity contribution in [2.45, 2.75) is 91.0 Å². The molecule has 3 fully saturated rings. The molecule has 1 aromatic rings. The number of hydrogen-bond donors (Lipinski definition) is 0. The average molecular weight is 416 g/mol. The van der Waals surface area contributed by atoms with Crippen LogP contribution in [0.3, 0.4) is 0 Å². The Bertz CT molecular complexity index is 729. The van der Waals surface area contributed by atoms with E-state index in [0.717, 1.165) is 25.3 Å². The van der Waals surface area contributed by atoms with Crippen LogP contribution in [-0.4, -0.2) is 39.8 Å². The number of hydrogen-bond acceptors (Lipinski definition) is 3. The van der Waals surface area contributed by atoms with Gasteiger partial charge in [0.05, 0.1) is 12.8 Å². The molecule has 0 unspecified atom stereocenters. The molecule has 0 N–H and O–H groups in total. The summed E-state index contributed by atoms with van der Waals surface area (Å²) in [6.45, 7) is 8.69. The number of aromatic nitrogens is 2. The van der Waals surface area contributed by atoms with Crippen LogP contribution in [0.25, 0.3) is 0 Å². The van der Waals surface area contributed by atoms with Gasteiger partial charge in [0.15, 0.2) is 0 Å². The van der Waals surface area contributed by atoms with E-state index in [0.29, 0.717) is 41.3 Å². The minimum absolute atomic E-state index is 0.130. The molecule has 5 nitrogen and oxygen atoms in total. The minimum Gasteiger partial charge on any atom is -0.477 e. The predicted octanol–water partition coefficient (Wildman–Crippen LogP) is 5.45. The molecule has 5 heteroatoms. The Hall–Kier alpha value is -1.52. The summed E-state index contributed by atoms with van der Waals surface area (Å²) >= 11 is 0. The fourth-order valence-electron chi connectivity index (χ4n) is 6.15. The summed E-state index contributed by atoms with van der Waals surface area (Å²) in [6, 6.07) is 0.385. The van der Waals surface area contributed by atoms with Crippen molar-refractivity contribution in [3.63, 3.8) is 0 Å². The Morgan fingerprint density at radius 3 is 2.60 bits per heavy atom. The van der Waals surface area contributed by atoms with Gasteiger partial charge in [-0.15, -0.1) is 0 Å². The molecule has 168 valence electrons. The van der Waals surface area contributed by atoms with Crippen molar-refractivity contribution in [2.24, 2.45) is 30.2 Å². The Morgan fingerprint density at radius 2 is 1.87 bits per heavy atom. The number of aryl methyl sites for hydroxylation is 1. The van der Waals surface area contributed by atoms with Gasteiger partial charge < -0.3 is 9.64 Å². The lowest BCUT2D eigenvalue weighted by molar-refractivity contribution is 0.0155. The third-order valence-corrected chi connectivity index (χ3v) is 8.10. The predicted molar refractivity (Wildman–Crippen MR) is 120 cm³/mol. The number of carbonyl (C=O) groups is 1. The van der Waals surface area contributed by atoms with Crippen molar-refractivity contribution in [1.82, 2.24) is 14.7 Å². The van der Waals surface area contributed by atoms with E-state index in [2.05, 4.69) is 30.8 Å². The normalized spacial score (nSPS) is 28.3. The maximum atomic E-state index is 13.6. The van der Waals surface area contributed by atoms with Gasteiger partial charge in [-0.3, -0.25) is 4.79 Å². The first-order chi connectivity index (χ1) is 14.3. The second-order valence-electron chi connectivity index (χ2n) is 11.1. The van der Waals surface area contributed by atoms with Gasteiger partial charge in [-0.1, -0.05) is 40.0 Å². The van der Waals surface area contributed by atoms with Crippen LogP contribution in [0.2, 0.25) is 0 Å². The largest absolute Gasteiger partial charge is 0.477 e. The van der Waals surface area contributed by atoms with Gasteiger partial charge in [-0.05, 0) is 68.1 Å². The molecule has 1 aromatic heterocycles. The first-order valence-corrected chi connectivity index (χ1v) is 12.3. The van der Waals surface area contributed by atoms with Crippen LogP contribution in [0.5, 0.6) is 5.88 Å². The zero-order valence-corrected chi connectivity index (χ0v) is 19.5. The molecule has 0 radical (unpaired) electrons. The number of ether oxygens (including phenoxy) is 1. The van der Waals surface area contributed by atoms with Crippen molar-refractivity contribution >= 4 is 5.91 Å². The Kier molecular flexibility index (Phi) is 6.45. The van der Waals surface area contributed by atoms with Gasteiger partial charge in [0, 0.05) is 19.6 Å². The molecule has 2 heterocycles. The first kappa shape index (κ1) is 21.7. The second kappa shape index (κ2) is 8.92. The summed E-state index contributed by atoms with van der Waals surface area (Å²) < 4.78 is 7.95. The summed E-state index contributed by atoms with van der Waals surface area (Å²) in [5, 5.41) is 4.39. The molecule has 1 saturated heterocycles. The summed E-state index contributed by atoms with van der Waals surface area (Å²) in [7, 11) is 1.89. The van der Waals surface area contributed by atoms with E-state index in [4.69, 9.17) is 4.74 Å². The molecule has 30 heavy (non-hydrogen) atoms. The van der Waals surface area contributed by atoms with Crippen molar-refractivity contribution in [3.8, 4) is 5.88 Å². The molecule has 2 aliphatic carbocycles. The van der Waals surface area contributed by atoms with E-state index in [1.165, 1.54) is 51.4 Å². The molecule has 0 spiro atoms. The summed E-state index contributed by atoms with van der Waals surface area (Å²) in [5.41, 5.74) is 1.02. The van der Waals surface area contributed by atoms with Gasteiger partial charge >= 0.3 is 0 Å². The fraction of sp³-hybridized carbons (Fsp3) is 0.840. The molecule has 2 saturated carbocycles. The lowest BCUT2D eigenvalue weighted by Crippen LogP contribution is -2.51. The maximum Gasteiger partial charge on any atom is 0.261 e. The molecule has 1 amide bonds. The Balaban J connectivity index is 1.45. The lowest BCUT2D eigenvalue weighted by Gasteiger charge is -2.48. The Morgan fingerprint density at radius 1 is 1.10 bits per heavy atom. The van der Waals surface area contributed by atoms with Gasteiger partial charge in [0.1, 0.15) is 5.56 Å². The van der Waals surface area contributed by atoms with Crippen LogP contribution in [0.4, 0.5) is 0 Å². The zero-order chi connectivity index (χ0) is 21.3. The van der Waals surface area contributed by atoms with Crippen molar-refractivity contribution in [2.75, 3.05) is 13.2 Å². The van der Waals surface area contributed by atoms with Gasteiger partial charge in [0.2, 0.25) is 5.88 Å². The van der Waals surface area contributed by atoms with E-state index in [1.807, 2.05) is 7.05 Å². The average Bonchev–Trinajstić information content (AvgIpc) is 3.11. The molecule has 1 aliphatic heterocycles. The third-order valence-electron chi connectivity index (χ3n) is 8.10. The summed E-state index contributed by atoms with van der Waals surface area (Å²) in [5.74, 6) is 2.82. The molecular formula is C25H41N3O2. The highest BCUT2D eigenvalue weighted by molar-refractivity contribution is 5.96. The van der Waals surface area contributed by atoms with Crippen molar-refractivity contribution in [1.29, 1.82) is 0 Å². The zero-order valence-electron chi connectivity index (χ0n) is 19.5. The topological polar surface area (TPSA) is 47.4 Å². The van der Waals surface area contributed by atoms with Gasteiger partial charge in [-0.25, -0.2) is 4.68 Å². The van der Waals surface area contributed by atoms with Gasteiger partial charge in [-0.2, -0.15) is 5.10 Å². The van der Waals surface area contributed by atoms with Crippen LogP contribution in [0.15, 0.2) is 6.20 Å². The van der Waals surface area contributed by atoms with E-state index < -0.39 is 0 Å². The number of likely N-dealkylation sites (tertiary alicyclic amines) is 1. The van der Waals surface area contributed by atoms with E-state index in [9.17, 15) is 4.79 Å². The SMILES string of the molecule is Cn1ncc(C(=O)N2CCC[C@@H]3C[C@H](C(C)(C)C)CC[C@@H]32)c1OCC1CCCCC1. The highest BCUT2D eigenvalue weighted by atomic mass is 16.5. The molecule has 0 bridgehead atoms. The van der Waals surface area contributed by atoms with Crippen LogP contribution < -0.4 is 4.74 Å². The van der Waals surface area contributed by atoms with E-state index in [1.54, 1.807) is 10.9 Å². The van der Waals surface area contributed by atoms with E-state index in [-0.39, 0.29) is 5.91 Å². The number of carbonyl (C=O) groups excluding carboxylic acids is 1. The quantitative estimate of drug-likeness (QED) is 0.657. The van der Waals surface area contributed by atoms with Crippen LogP contribution in [0.1, 0.15) is 95.3 Å². The maximum absolute atomic E-state index is 13.6. The lowest BCUT2D eigenvalue weighted by atomic mass is 9.65.